The van der Waals surface area contributed by atoms with Gasteiger partial charge in [-0.1, -0.05) is 22.6 Å². The molecule has 58 valence electrons. The van der Waals surface area contributed by atoms with Crippen molar-refractivity contribution in [1.29, 1.82) is 0 Å². The minimum Gasteiger partial charge on any atom is -0.366 e. The smallest absolute Gasteiger partial charge is 0.249 e. The van der Waals surface area contributed by atoms with Crippen LogP contribution in [0.1, 0.15) is 15.9 Å². The molecule has 0 unspecified atom stereocenters. The number of halogens is 1. The SMILES string of the molecule is NC(=O)c1ccncc1CI. The number of rotatable bonds is 2. The highest BCUT2D eigenvalue weighted by Crippen LogP contribution is 2.09. The average molecular weight is 262 g/mol. The minimum atomic E-state index is -0.390. The molecule has 0 aliphatic carbocycles. The van der Waals surface area contributed by atoms with Crippen molar-refractivity contribution in [3.05, 3.63) is 29.6 Å². The van der Waals surface area contributed by atoms with Gasteiger partial charge in [-0.2, -0.15) is 0 Å². The molecule has 1 rings (SSSR count). The quantitative estimate of drug-likeness (QED) is 0.641. The molecule has 1 amide bonds. The number of alkyl halides is 1. The largest absolute Gasteiger partial charge is 0.366 e. The number of hydrogen-bond donors (Lipinski definition) is 1. The van der Waals surface area contributed by atoms with Crippen LogP contribution in [-0.2, 0) is 4.43 Å². The second-order valence-corrected chi connectivity index (χ2v) is 2.79. The number of nitrogens with two attached hydrogens (primary N) is 1. The fourth-order valence-corrected chi connectivity index (χ4v) is 1.38. The number of hydrogen-bond acceptors (Lipinski definition) is 2. The summed E-state index contributed by atoms with van der Waals surface area (Å²) in [6, 6.07) is 1.64. The first kappa shape index (κ1) is 8.45. The summed E-state index contributed by atoms with van der Waals surface area (Å²) in [6.07, 6.45) is 3.22. The van der Waals surface area contributed by atoms with Crippen molar-refractivity contribution in [2.45, 2.75) is 4.43 Å². The van der Waals surface area contributed by atoms with Gasteiger partial charge in [0, 0.05) is 22.4 Å². The molecular weight excluding hydrogens is 255 g/mol. The molecule has 11 heavy (non-hydrogen) atoms. The molecule has 0 aromatic carbocycles. The van der Waals surface area contributed by atoms with E-state index in [1.54, 1.807) is 18.5 Å². The summed E-state index contributed by atoms with van der Waals surface area (Å²) in [5.74, 6) is -0.390. The van der Waals surface area contributed by atoms with Gasteiger partial charge in [-0.25, -0.2) is 0 Å². The summed E-state index contributed by atoms with van der Waals surface area (Å²) >= 11 is 2.16. The Kier molecular flexibility index (Phi) is 2.81. The van der Waals surface area contributed by atoms with E-state index in [1.807, 2.05) is 0 Å². The monoisotopic (exact) mass is 262 g/mol. The molecule has 0 saturated carbocycles. The van der Waals surface area contributed by atoms with Crippen molar-refractivity contribution in [3.63, 3.8) is 0 Å². The van der Waals surface area contributed by atoms with Gasteiger partial charge < -0.3 is 5.73 Å². The second kappa shape index (κ2) is 3.66. The highest BCUT2D eigenvalue weighted by atomic mass is 127. The predicted molar refractivity (Wildman–Crippen MR) is 50.5 cm³/mol. The van der Waals surface area contributed by atoms with Crippen LogP contribution in [0.3, 0.4) is 0 Å². The molecule has 0 bridgehead atoms. The Morgan fingerprint density at radius 2 is 2.45 bits per heavy atom. The van der Waals surface area contributed by atoms with Gasteiger partial charge in [-0.3, -0.25) is 9.78 Å². The van der Waals surface area contributed by atoms with Gasteiger partial charge in [0.25, 0.3) is 0 Å². The van der Waals surface area contributed by atoms with Crippen LogP contribution in [-0.4, -0.2) is 10.9 Å². The zero-order valence-corrected chi connectivity index (χ0v) is 7.91. The van der Waals surface area contributed by atoms with E-state index < -0.39 is 0 Å². The number of primary amides is 1. The molecule has 0 aliphatic rings. The number of amides is 1. The molecule has 4 heteroatoms. The predicted octanol–water partition coefficient (Wildman–Crippen LogP) is 1.12. The molecule has 0 fully saturated rings. The maximum Gasteiger partial charge on any atom is 0.249 e. The van der Waals surface area contributed by atoms with Gasteiger partial charge in [0.05, 0.1) is 0 Å². The Morgan fingerprint density at radius 1 is 1.73 bits per heavy atom. The van der Waals surface area contributed by atoms with E-state index in [4.69, 9.17) is 5.73 Å². The van der Waals surface area contributed by atoms with Gasteiger partial charge in [-0.05, 0) is 11.6 Å². The topological polar surface area (TPSA) is 56.0 Å². The van der Waals surface area contributed by atoms with E-state index in [2.05, 4.69) is 27.6 Å². The van der Waals surface area contributed by atoms with Gasteiger partial charge in [0.2, 0.25) is 5.91 Å². The molecule has 0 radical (unpaired) electrons. The maximum absolute atomic E-state index is 10.8. The zero-order chi connectivity index (χ0) is 8.27. The first-order chi connectivity index (χ1) is 5.25. The molecule has 1 aromatic rings. The minimum absolute atomic E-state index is 0.390. The van der Waals surface area contributed by atoms with Gasteiger partial charge in [-0.15, -0.1) is 0 Å². The highest BCUT2D eigenvalue weighted by molar-refractivity contribution is 14.1. The summed E-state index contributed by atoms with van der Waals surface area (Å²) < 4.78 is 0.754. The first-order valence-corrected chi connectivity index (χ1v) is 4.57. The average Bonchev–Trinajstić information content (AvgIpc) is 2.04. The fraction of sp³-hybridized carbons (Fsp3) is 0.143. The molecule has 1 heterocycles. The number of nitrogens with zero attached hydrogens (tertiary/aromatic N) is 1. The standard InChI is InChI=1S/C7H7IN2O/c8-3-5-4-10-2-1-6(5)7(9)11/h1-2,4H,3H2,(H2,9,11). The molecule has 0 aliphatic heterocycles. The lowest BCUT2D eigenvalue weighted by molar-refractivity contribution is 0.0999. The second-order valence-electron chi connectivity index (χ2n) is 2.03. The van der Waals surface area contributed by atoms with E-state index >= 15 is 0 Å². The lowest BCUT2D eigenvalue weighted by Gasteiger charge is -1.99. The number of pyridine rings is 1. The Hall–Kier alpha value is -0.650. The first-order valence-electron chi connectivity index (χ1n) is 3.04. The maximum atomic E-state index is 10.8. The summed E-state index contributed by atoms with van der Waals surface area (Å²) in [5, 5.41) is 0. The molecule has 2 N–H and O–H groups in total. The number of aromatic nitrogens is 1. The van der Waals surface area contributed by atoms with Crippen LogP contribution in [0.5, 0.6) is 0 Å². The van der Waals surface area contributed by atoms with Crippen LogP contribution in [0.4, 0.5) is 0 Å². The zero-order valence-electron chi connectivity index (χ0n) is 5.75. The van der Waals surface area contributed by atoms with E-state index in [1.165, 1.54) is 0 Å². The van der Waals surface area contributed by atoms with Crippen LogP contribution in [0.2, 0.25) is 0 Å². The van der Waals surface area contributed by atoms with E-state index in [0.29, 0.717) is 5.56 Å². The van der Waals surface area contributed by atoms with Gasteiger partial charge in [0.15, 0.2) is 0 Å². The van der Waals surface area contributed by atoms with Crippen molar-refractivity contribution in [2.24, 2.45) is 5.73 Å². The Bertz CT molecular complexity index is 275. The summed E-state index contributed by atoms with van der Waals surface area (Å²) in [6.45, 7) is 0. The summed E-state index contributed by atoms with van der Waals surface area (Å²) in [7, 11) is 0. The number of carbonyl (C=O) groups excluding carboxylic acids is 1. The normalized spacial score (nSPS) is 9.55. The van der Waals surface area contributed by atoms with Crippen molar-refractivity contribution in [2.75, 3.05) is 0 Å². The molecule has 3 nitrogen and oxygen atoms in total. The van der Waals surface area contributed by atoms with Crippen molar-refractivity contribution >= 4 is 28.5 Å². The van der Waals surface area contributed by atoms with E-state index in [-0.39, 0.29) is 5.91 Å². The van der Waals surface area contributed by atoms with Crippen molar-refractivity contribution in [3.8, 4) is 0 Å². The van der Waals surface area contributed by atoms with Gasteiger partial charge in [0.1, 0.15) is 0 Å². The third kappa shape index (κ3) is 1.89. The Morgan fingerprint density at radius 3 is 2.91 bits per heavy atom. The van der Waals surface area contributed by atoms with E-state index in [0.717, 1.165) is 9.99 Å². The Balaban J connectivity index is 3.12. The summed E-state index contributed by atoms with van der Waals surface area (Å²) in [4.78, 5) is 14.7. The number of carbonyl (C=O) groups is 1. The molecular formula is C7H7IN2O. The third-order valence-electron chi connectivity index (χ3n) is 1.31. The molecule has 0 spiro atoms. The molecule has 1 aromatic heterocycles. The van der Waals surface area contributed by atoms with Crippen LogP contribution in [0.25, 0.3) is 0 Å². The summed E-state index contributed by atoms with van der Waals surface area (Å²) in [5.41, 5.74) is 6.57. The van der Waals surface area contributed by atoms with Crippen LogP contribution in [0.15, 0.2) is 18.5 Å². The van der Waals surface area contributed by atoms with Crippen LogP contribution in [0, 0.1) is 0 Å². The third-order valence-corrected chi connectivity index (χ3v) is 2.13. The Labute approximate surface area is 78.1 Å². The van der Waals surface area contributed by atoms with Crippen LogP contribution < -0.4 is 5.73 Å². The highest BCUT2D eigenvalue weighted by Gasteiger charge is 2.04. The van der Waals surface area contributed by atoms with Crippen molar-refractivity contribution < 1.29 is 4.79 Å². The van der Waals surface area contributed by atoms with E-state index in [9.17, 15) is 4.79 Å². The van der Waals surface area contributed by atoms with Gasteiger partial charge >= 0.3 is 0 Å². The molecule has 0 saturated heterocycles. The lowest BCUT2D eigenvalue weighted by Crippen LogP contribution is -2.13. The molecule has 0 atom stereocenters. The van der Waals surface area contributed by atoms with Crippen LogP contribution >= 0.6 is 22.6 Å². The fourth-order valence-electron chi connectivity index (χ4n) is 0.774. The lowest BCUT2D eigenvalue weighted by atomic mass is 10.1. The van der Waals surface area contributed by atoms with Crippen molar-refractivity contribution in [1.82, 2.24) is 4.98 Å².